The van der Waals surface area contributed by atoms with Gasteiger partial charge in [0.2, 0.25) is 0 Å². The summed E-state index contributed by atoms with van der Waals surface area (Å²) in [5.74, 6) is 0.364. The number of esters is 1. The third-order valence-electron chi connectivity index (χ3n) is 5.88. The van der Waals surface area contributed by atoms with E-state index in [9.17, 15) is 4.79 Å². The quantitative estimate of drug-likeness (QED) is 0.625. The smallest absolute Gasteiger partial charge is 0.314 e. The minimum atomic E-state index is -0.421. The highest BCUT2D eigenvalue weighted by Crippen LogP contribution is 2.81. The maximum atomic E-state index is 12.7. The van der Waals surface area contributed by atoms with Crippen LogP contribution in [0.1, 0.15) is 17.0 Å². The molecule has 1 heterocycles. The summed E-state index contributed by atoms with van der Waals surface area (Å²) in [6, 6.07) is 20.7. The molecule has 2 nitrogen and oxygen atoms in total. The van der Waals surface area contributed by atoms with Crippen LogP contribution in [0.3, 0.4) is 0 Å². The van der Waals surface area contributed by atoms with Crippen molar-refractivity contribution in [2.75, 3.05) is 6.61 Å². The largest absolute Gasteiger partial charge is 0.464 e. The molecular formula is C20H16O2. The van der Waals surface area contributed by atoms with Gasteiger partial charge in [-0.05, 0) is 11.1 Å². The summed E-state index contributed by atoms with van der Waals surface area (Å²) in [4.78, 5) is 12.7. The number of fused-ring (bicyclic) bond motifs is 1. The highest BCUT2D eigenvalue weighted by Gasteiger charge is 2.88. The maximum Gasteiger partial charge on any atom is 0.314 e. The SMILES string of the molecule is O=C1OC[C@]2(c3ccccc3)C3C=C[C@@H](c4ccccc4)C132. The number of ether oxygens (including phenoxy) is 1. The third kappa shape index (κ3) is 1.14. The van der Waals surface area contributed by atoms with Gasteiger partial charge < -0.3 is 4.74 Å². The first kappa shape index (κ1) is 12.2. The summed E-state index contributed by atoms with van der Waals surface area (Å²) < 4.78 is 5.55. The van der Waals surface area contributed by atoms with E-state index in [1.54, 1.807) is 0 Å². The lowest BCUT2D eigenvalue weighted by atomic mass is 9.77. The van der Waals surface area contributed by atoms with Gasteiger partial charge in [0.25, 0.3) is 0 Å². The van der Waals surface area contributed by atoms with Gasteiger partial charge in [-0.2, -0.15) is 0 Å². The molecule has 108 valence electrons. The molecule has 0 amide bonds. The summed E-state index contributed by atoms with van der Waals surface area (Å²) in [7, 11) is 0. The zero-order valence-electron chi connectivity index (χ0n) is 12.1. The Morgan fingerprint density at radius 1 is 0.909 bits per heavy atom. The normalized spacial score (nSPS) is 37.5. The highest BCUT2D eigenvalue weighted by atomic mass is 16.5. The van der Waals surface area contributed by atoms with Gasteiger partial charge in [0, 0.05) is 11.8 Å². The van der Waals surface area contributed by atoms with Crippen LogP contribution in [0, 0.1) is 11.3 Å². The van der Waals surface area contributed by atoms with Gasteiger partial charge in [-0.15, -0.1) is 0 Å². The van der Waals surface area contributed by atoms with Crippen LogP contribution in [0.2, 0.25) is 0 Å². The summed E-state index contributed by atoms with van der Waals surface area (Å²) in [5, 5.41) is 0. The summed E-state index contributed by atoms with van der Waals surface area (Å²) in [6.45, 7) is 0.508. The van der Waals surface area contributed by atoms with Crippen LogP contribution < -0.4 is 0 Å². The fourth-order valence-corrected chi connectivity index (χ4v) is 4.97. The molecule has 2 aromatic rings. The van der Waals surface area contributed by atoms with Gasteiger partial charge in [0.05, 0.1) is 10.8 Å². The fraction of sp³-hybridized carbons (Fsp3) is 0.250. The van der Waals surface area contributed by atoms with Crippen molar-refractivity contribution < 1.29 is 9.53 Å². The van der Waals surface area contributed by atoms with Crippen LogP contribution in [0.15, 0.2) is 72.8 Å². The summed E-state index contributed by atoms with van der Waals surface area (Å²) in [6.07, 6.45) is 4.44. The molecule has 1 saturated heterocycles. The lowest BCUT2D eigenvalue weighted by Gasteiger charge is -2.22. The Bertz CT molecular complexity index is 780. The molecule has 0 aromatic heterocycles. The van der Waals surface area contributed by atoms with E-state index >= 15 is 0 Å². The van der Waals surface area contributed by atoms with Crippen molar-refractivity contribution in [3.05, 3.63) is 83.9 Å². The van der Waals surface area contributed by atoms with E-state index in [0.29, 0.717) is 6.61 Å². The minimum Gasteiger partial charge on any atom is -0.464 e. The topological polar surface area (TPSA) is 26.3 Å². The first-order valence-corrected chi connectivity index (χ1v) is 7.78. The monoisotopic (exact) mass is 288 g/mol. The molecule has 0 bridgehead atoms. The van der Waals surface area contributed by atoms with Crippen LogP contribution >= 0.6 is 0 Å². The number of allylic oxidation sites excluding steroid dienone is 2. The van der Waals surface area contributed by atoms with Crippen molar-refractivity contribution in [2.24, 2.45) is 11.3 Å². The van der Waals surface area contributed by atoms with E-state index in [1.807, 2.05) is 24.3 Å². The van der Waals surface area contributed by atoms with Crippen molar-refractivity contribution >= 4 is 5.97 Å². The number of carbonyl (C=O) groups excluding carboxylic acids is 1. The second-order valence-electron chi connectivity index (χ2n) is 6.53. The van der Waals surface area contributed by atoms with Gasteiger partial charge in [0.15, 0.2) is 0 Å². The number of rotatable bonds is 2. The van der Waals surface area contributed by atoms with E-state index < -0.39 is 5.41 Å². The van der Waals surface area contributed by atoms with E-state index in [0.717, 1.165) is 0 Å². The van der Waals surface area contributed by atoms with Gasteiger partial charge in [-0.25, -0.2) is 0 Å². The molecule has 1 spiro atoms. The first-order valence-electron chi connectivity index (χ1n) is 7.78. The molecule has 2 aliphatic carbocycles. The number of benzene rings is 2. The fourth-order valence-electron chi connectivity index (χ4n) is 4.97. The maximum absolute atomic E-state index is 12.7. The van der Waals surface area contributed by atoms with Crippen molar-refractivity contribution in [3.63, 3.8) is 0 Å². The molecule has 3 aliphatic rings. The van der Waals surface area contributed by atoms with Crippen molar-refractivity contribution in [1.29, 1.82) is 0 Å². The molecule has 2 aromatic carbocycles. The zero-order chi connectivity index (χ0) is 14.8. The predicted molar refractivity (Wildman–Crippen MR) is 83.3 cm³/mol. The Kier molecular flexibility index (Phi) is 2.16. The third-order valence-corrected chi connectivity index (χ3v) is 5.88. The van der Waals surface area contributed by atoms with Gasteiger partial charge in [-0.1, -0.05) is 72.8 Å². The van der Waals surface area contributed by atoms with E-state index in [1.165, 1.54) is 11.1 Å². The number of carbonyl (C=O) groups is 1. The Hall–Kier alpha value is -2.35. The van der Waals surface area contributed by atoms with Crippen LogP contribution in [-0.2, 0) is 14.9 Å². The number of hydrogen-bond acceptors (Lipinski definition) is 2. The molecule has 0 radical (unpaired) electrons. The Morgan fingerprint density at radius 2 is 1.59 bits per heavy atom. The molecule has 2 unspecified atom stereocenters. The lowest BCUT2D eigenvalue weighted by Crippen LogP contribution is -2.25. The van der Waals surface area contributed by atoms with Crippen LogP contribution in [0.4, 0.5) is 0 Å². The molecule has 2 fully saturated rings. The highest BCUT2D eigenvalue weighted by molar-refractivity contribution is 5.92. The predicted octanol–water partition coefficient (Wildman–Crippen LogP) is 3.45. The molecule has 1 aliphatic heterocycles. The Balaban J connectivity index is 1.69. The Morgan fingerprint density at radius 3 is 2.32 bits per heavy atom. The second kappa shape index (κ2) is 3.89. The second-order valence-corrected chi connectivity index (χ2v) is 6.53. The van der Waals surface area contributed by atoms with Crippen molar-refractivity contribution in [1.82, 2.24) is 0 Å². The van der Waals surface area contributed by atoms with E-state index in [-0.39, 0.29) is 23.2 Å². The lowest BCUT2D eigenvalue weighted by molar-refractivity contribution is -0.145. The van der Waals surface area contributed by atoms with Crippen molar-refractivity contribution in [3.8, 4) is 0 Å². The molecule has 22 heavy (non-hydrogen) atoms. The van der Waals surface area contributed by atoms with Gasteiger partial charge in [0.1, 0.15) is 6.61 Å². The average Bonchev–Trinajstić information content (AvgIpc) is 2.85. The van der Waals surface area contributed by atoms with E-state index in [4.69, 9.17) is 4.74 Å². The van der Waals surface area contributed by atoms with Gasteiger partial charge in [-0.3, -0.25) is 4.79 Å². The first-order chi connectivity index (χ1) is 10.8. The van der Waals surface area contributed by atoms with Gasteiger partial charge >= 0.3 is 5.97 Å². The molecule has 0 N–H and O–H groups in total. The molecule has 5 rings (SSSR count). The van der Waals surface area contributed by atoms with Crippen LogP contribution in [-0.4, -0.2) is 12.6 Å². The molecular weight excluding hydrogens is 272 g/mol. The summed E-state index contributed by atoms with van der Waals surface area (Å²) >= 11 is 0. The van der Waals surface area contributed by atoms with E-state index in [2.05, 4.69) is 48.6 Å². The minimum absolute atomic E-state index is 0.0276. The van der Waals surface area contributed by atoms with Crippen LogP contribution in [0.5, 0.6) is 0 Å². The Labute approximate surface area is 129 Å². The standard InChI is InChI=1S/C20H16O2/c21-18-20-16(14-7-3-1-4-8-14)11-12-17(20)19(20,13-22-18)15-9-5-2-6-10-15/h1-12,16-17H,13H2/t16-,17?,19-,20?/m0/s1. The zero-order valence-corrected chi connectivity index (χ0v) is 12.1. The molecule has 1 saturated carbocycles. The number of cyclic esters (lactones) is 1. The van der Waals surface area contributed by atoms with Crippen LogP contribution in [0.25, 0.3) is 0 Å². The number of hydrogen-bond donors (Lipinski definition) is 0. The van der Waals surface area contributed by atoms with Crippen molar-refractivity contribution in [2.45, 2.75) is 11.3 Å². The summed E-state index contributed by atoms with van der Waals surface area (Å²) in [5.41, 5.74) is 1.85. The average molecular weight is 288 g/mol. The molecule has 4 atom stereocenters. The molecule has 2 heteroatoms.